The van der Waals surface area contributed by atoms with E-state index in [9.17, 15) is 0 Å². The van der Waals surface area contributed by atoms with E-state index >= 15 is 0 Å². The van der Waals surface area contributed by atoms with E-state index in [2.05, 4.69) is 38.1 Å². The van der Waals surface area contributed by atoms with Crippen LogP contribution in [-0.4, -0.2) is 14.8 Å². The van der Waals surface area contributed by atoms with E-state index in [1.165, 1.54) is 5.39 Å². The Morgan fingerprint density at radius 2 is 2.17 bits per heavy atom. The molecule has 0 saturated carbocycles. The molecular weight excluding hydrogens is 292 g/mol. The minimum atomic E-state index is 0.427. The fourth-order valence-electron chi connectivity index (χ4n) is 2.24. The van der Waals surface area contributed by atoms with Crippen LogP contribution in [0.1, 0.15) is 5.69 Å². The van der Waals surface area contributed by atoms with Crippen LogP contribution in [0.3, 0.4) is 0 Å². The molecule has 3 rings (SSSR count). The van der Waals surface area contributed by atoms with Crippen LogP contribution in [0.25, 0.3) is 22.2 Å². The van der Waals surface area contributed by atoms with Crippen molar-refractivity contribution < 1.29 is 0 Å². The van der Waals surface area contributed by atoms with E-state index in [1.54, 1.807) is 0 Å². The molecule has 4 nitrogen and oxygen atoms in total. The molecule has 3 N–H and O–H groups in total. The van der Waals surface area contributed by atoms with Gasteiger partial charge in [-0.3, -0.25) is 4.68 Å². The summed E-state index contributed by atoms with van der Waals surface area (Å²) < 4.78 is 2.83. The summed E-state index contributed by atoms with van der Waals surface area (Å²) in [6.07, 6.45) is 2.01. The van der Waals surface area contributed by atoms with Crippen LogP contribution in [0.15, 0.2) is 34.9 Å². The van der Waals surface area contributed by atoms with Gasteiger partial charge in [-0.25, -0.2) is 0 Å². The standard InChI is InChI=1S/C13H13BrN4/c1-18-13(12(14)11(6-15)17-18)9-7-16-10-5-3-2-4-8(9)10/h2-5,7,16H,6,15H2,1H3. The number of aromatic nitrogens is 3. The zero-order chi connectivity index (χ0) is 12.7. The van der Waals surface area contributed by atoms with Crippen LogP contribution in [0, 0.1) is 0 Å². The lowest BCUT2D eigenvalue weighted by Crippen LogP contribution is -1.99. The minimum absolute atomic E-state index is 0.427. The first-order chi connectivity index (χ1) is 8.72. The first-order valence-corrected chi connectivity index (χ1v) is 6.49. The minimum Gasteiger partial charge on any atom is -0.360 e. The van der Waals surface area contributed by atoms with Gasteiger partial charge in [0.2, 0.25) is 0 Å². The van der Waals surface area contributed by atoms with Gasteiger partial charge in [0.15, 0.2) is 0 Å². The van der Waals surface area contributed by atoms with E-state index in [0.29, 0.717) is 6.54 Å². The number of aromatic amines is 1. The van der Waals surface area contributed by atoms with Crippen molar-refractivity contribution in [1.29, 1.82) is 0 Å². The Labute approximate surface area is 113 Å². The van der Waals surface area contributed by atoms with Crippen molar-refractivity contribution >= 4 is 26.8 Å². The molecule has 0 unspecified atom stereocenters. The van der Waals surface area contributed by atoms with Crippen LogP contribution in [-0.2, 0) is 13.6 Å². The smallest absolute Gasteiger partial charge is 0.0908 e. The van der Waals surface area contributed by atoms with E-state index in [0.717, 1.165) is 26.9 Å². The summed E-state index contributed by atoms with van der Waals surface area (Å²) in [6, 6.07) is 8.22. The molecule has 2 aromatic heterocycles. The highest BCUT2D eigenvalue weighted by atomic mass is 79.9. The maximum Gasteiger partial charge on any atom is 0.0908 e. The molecule has 3 aromatic rings. The third kappa shape index (κ3) is 1.59. The molecule has 0 radical (unpaired) electrons. The molecule has 0 saturated heterocycles. The number of para-hydroxylation sites is 1. The van der Waals surface area contributed by atoms with E-state index in [1.807, 2.05) is 30.1 Å². The molecule has 0 aliphatic heterocycles. The molecule has 1 aromatic carbocycles. The number of H-pyrrole nitrogens is 1. The topological polar surface area (TPSA) is 59.6 Å². The third-order valence-electron chi connectivity index (χ3n) is 3.09. The Morgan fingerprint density at radius 1 is 1.39 bits per heavy atom. The van der Waals surface area contributed by atoms with Crippen LogP contribution < -0.4 is 5.73 Å². The number of hydrogen-bond acceptors (Lipinski definition) is 2. The molecule has 92 valence electrons. The summed E-state index contributed by atoms with van der Waals surface area (Å²) in [5, 5.41) is 5.61. The van der Waals surface area contributed by atoms with Gasteiger partial charge in [-0.05, 0) is 22.0 Å². The van der Waals surface area contributed by atoms with Gasteiger partial charge >= 0.3 is 0 Å². The van der Waals surface area contributed by atoms with E-state index in [4.69, 9.17) is 5.73 Å². The molecule has 5 heteroatoms. The monoisotopic (exact) mass is 304 g/mol. The third-order valence-corrected chi connectivity index (χ3v) is 3.93. The van der Waals surface area contributed by atoms with Gasteiger partial charge in [-0.1, -0.05) is 18.2 Å². The lowest BCUT2D eigenvalue weighted by Gasteiger charge is -2.01. The van der Waals surface area contributed by atoms with E-state index < -0.39 is 0 Å². The number of rotatable bonds is 2. The Bertz CT molecular complexity index is 711. The van der Waals surface area contributed by atoms with Gasteiger partial charge in [0.05, 0.1) is 15.9 Å². The maximum absolute atomic E-state index is 5.69. The maximum atomic E-state index is 5.69. The lowest BCUT2D eigenvalue weighted by atomic mass is 10.1. The normalized spacial score (nSPS) is 11.3. The molecule has 0 aliphatic rings. The van der Waals surface area contributed by atoms with Crippen molar-refractivity contribution in [3.8, 4) is 11.3 Å². The fraction of sp³-hybridized carbons (Fsp3) is 0.154. The number of aryl methyl sites for hydroxylation is 1. The first-order valence-electron chi connectivity index (χ1n) is 5.70. The molecule has 0 spiro atoms. The van der Waals surface area contributed by atoms with Crippen molar-refractivity contribution in [2.45, 2.75) is 6.54 Å². The van der Waals surface area contributed by atoms with Crippen molar-refractivity contribution in [2.75, 3.05) is 0 Å². The van der Waals surface area contributed by atoms with Crippen LogP contribution >= 0.6 is 15.9 Å². The Morgan fingerprint density at radius 3 is 2.89 bits per heavy atom. The van der Waals surface area contributed by atoms with Gasteiger partial charge in [0.25, 0.3) is 0 Å². The molecule has 0 amide bonds. The summed E-state index contributed by atoms with van der Waals surface area (Å²) >= 11 is 3.59. The number of nitrogens with one attached hydrogen (secondary N) is 1. The van der Waals surface area contributed by atoms with Gasteiger partial charge in [0, 0.05) is 36.3 Å². The van der Waals surface area contributed by atoms with Crippen LogP contribution in [0.4, 0.5) is 0 Å². The average Bonchev–Trinajstić information content (AvgIpc) is 2.91. The first kappa shape index (κ1) is 11.5. The molecule has 0 atom stereocenters. The largest absolute Gasteiger partial charge is 0.360 e. The second-order valence-electron chi connectivity index (χ2n) is 4.18. The molecular formula is C13H13BrN4. The Hall–Kier alpha value is -1.59. The quantitative estimate of drug-likeness (QED) is 0.765. The zero-order valence-corrected chi connectivity index (χ0v) is 11.5. The summed E-state index contributed by atoms with van der Waals surface area (Å²) in [6.45, 7) is 0.427. The second-order valence-corrected chi connectivity index (χ2v) is 4.98. The number of benzene rings is 1. The highest BCUT2D eigenvalue weighted by Crippen LogP contribution is 2.35. The molecule has 0 bridgehead atoms. The summed E-state index contributed by atoms with van der Waals surface area (Å²) in [5.41, 5.74) is 9.86. The summed E-state index contributed by atoms with van der Waals surface area (Å²) in [5.74, 6) is 0. The lowest BCUT2D eigenvalue weighted by molar-refractivity contribution is 0.749. The average molecular weight is 305 g/mol. The molecule has 0 aliphatic carbocycles. The SMILES string of the molecule is Cn1nc(CN)c(Br)c1-c1c[nH]c2ccccc12. The number of nitrogens with zero attached hydrogens (tertiary/aromatic N) is 2. The molecule has 0 fully saturated rings. The van der Waals surface area contributed by atoms with Gasteiger partial charge in [0.1, 0.15) is 0 Å². The molecule has 18 heavy (non-hydrogen) atoms. The number of hydrogen-bond donors (Lipinski definition) is 2. The van der Waals surface area contributed by atoms with Crippen molar-refractivity contribution in [3.63, 3.8) is 0 Å². The Kier molecular flexibility index (Phi) is 2.72. The Balaban J connectivity index is 2.29. The summed E-state index contributed by atoms with van der Waals surface area (Å²) in [7, 11) is 1.93. The van der Waals surface area contributed by atoms with E-state index in [-0.39, 0.29) is 0 Å². The number of fused-ring (bicyclic) bond motifs is 1. The van der Waals surface area contributed by atoms with Gasteiger partial charge in [-0.2, -0.15) is 5.10 Å². The van der Waals surface area contributed by atoms with Crippen LogP contribution in [0.2, 0.25) is 0 Å². The van der Waals surface area contributed by atoms with Gasteiger partial charge < -0.3 is 10.7 Å². The van der Waals surface area contributed by atoms with Crippen molar-refractivity contribution in [3.05, 3.63) is 40.6 Å². The van der Waals surface area contributed by atoms with Crippen molar-refractivity contribution in [1.82, 2.24) is 14.8 Å². The highest BCUT2D eigenvalue weighted by Gasteiger charge is 2.17. The van der Waals surface area contributed by atoms with Gasteiger partial charge in [-0.15, -0.1) is 0 Å². The number of halogens is 1. The summed E-state index contributed by atoms with van der Waals surface area (Å²) in [4.78, 5) is 3.28. The zero-order valence-electron chi connectivity index (χ0n) is 9.94. The van der Waals surface area contributed by atoms with Crippen LogP contribution in [0.5, 0.6) is 0 Å². The second kappa shape index (κ2) is 4.26. The fourth-order valence-corrected chi connectivity index (χ4v) is 2.96. The van der Waals surface area contributed by atoms with Crippen molar-refractivity contribution in [2.24, 2.45) is 12.8 Å². The highest BCUT2D eigenvalue weighted by molar-refractivity contribution is 9.10. The molecule has 2 heterocycles. The predicted molar refractivity (Wildman–Crippen MR) is 76.1 cm³/mol. The predicted octanol–water partition coefficient (Wildman–Crippen LogP) is 2.79. The number of nitrogens with two attached hydrogens (primary N) is 1.